The summed E-state index contributed by atoms with van der Waals surface area (Å²) in [7, 11) is 0. The molecule has 2 aliphatic heterocycles. The Morgan fingerprint density at radius 2 is 1.67 bits per heavy atom. The van der Waals surface area contributed by atoms with Gasteiger partial charge in [-0.3, -0.25) is 19.2 Å². The normalized spacial score (nSPS) is 28.2. The smallest absolute Gasteiger partial charge is 0.246 e. The molecule has 8 nitrogen and oxygen atoms in total. The van der Waals surface area contributed by atoms with Gasteiger partial charge in [0.25, 0.3) is 0 Å². The standard InChI is InChI=1S/C22H30N4O4/c1-13(2)18-21(29)24-16(12-15-8-5-4-6-9-15)22(30)26-11-7-10-17(26)20(28)23-14(3)19(27)25-18/h4-6,8-9,13-14,16-18H,7,10-12H2,1-3H3,(H,23,28)(H,24,29)(H,25,27)/t14-,16-,17+,18-/m0/s1. The first-order chi connectivity index (χ1) is 14.3. The van der Waals surface area contributed by atoms with Crippen molar-refractivity contribution in [3.63, 3.8) is 0 Å². The number of carbonyl (C=O) groups excluding carboxylic acids is 4. The number of fused-ring (bicyclic) bond motifs is 1. The van der Waals surface area contributed by atoms with Crippen LogP contribution in [0.5, 0.6) is 0 Å². The minimum absolute atomic E-state index is 0.188. The highest BCUT2D eigenvalue weighted by atomic mass is 16.2. The Bertz CT molecular complexity index is 811. The number of amides is 4. The summed E-state index contributed by atoms with van der Waals surface area (Å²) >= 11 is 0. The highest BCUT2D eigenvalue weighted by Gasteiger charge is 2.40. The number of benzene rings is 1. The first-order valence-corrected chi connectivity index (χ1v) is 10.5. The van der Waals surface area contributed by atoms with E-state index in [0.29, 0.717) is 25.8 Å². The lowest BCUT2D eigenvalue weighted by Crippen LogP contribution is -2.62. The van der Waals surface area contributed by atoms with E-state index in [9.17, 15) is 19.2 Å². The van der Waals surface area contributed by atoms with Gasteiger partial charge in [0.15, 0.2) is 0 Å². The summed E-state index contributed by atoms with van der Waals surface area (Å²) in [5.41, 5.74) is 0.905. The second-order valence-electron chi connectivity index (χ2n) is 8.40. The Morgan fingerprint density at radius 3 is 2.33 bits per heavy atom. The van der Waals surface area contributed by atoms with E-state index in [-0.39, 0.29) is 17.7 Å². The van der Waals surface area contributed by atoms with Crippen molar-refractivity contribution in [1.29, 1.82) is 0 Å². The maximum atomic E-state index is 13.4. The molecule has 2 heterocycles. The van der Waals surface area contributed by atoms with Crippen LogP contribution in [0.3, 0.4) is 0 Å². The zero-order valence-electron chi connectivity index (χ0n) is 17.7. The number of nitrogens with one attached hydrogen (secondary N) is 3. The Labute approximate surface area is 176 Å². The molecule has 0 saturated carbocycles. The van der Waals surface area contributed by atoms with Crippen molar-refractivity contribution < 1.29 is 19.2 Å². The number of nitrogens with zero attached hydrogens (tertiary/aromatic N) is 1. The molecule has 8 heteroatoms. The molecule has 1 aromatic rings. The van der Waals surface area contributed by atoms with Gasteiger partial charge in [-0.1, -0.05) is 44.2 Å². The molecule has 4 amide bonds. The molecule has 2 saturated heterocycles. The van der Waals surface area contributed by atoms with E-state index in [2.05, 4.69) is 16.0 Å². The predicted molar refractivity (Wildman–Crippen MR) is 111 cm³/mol. The quantitative estimate of drug-likeness (QED) is 0.664. The molecule has 0 radical (unpaired) electrons. The van der Waals surface area contributed by atoms with Gasteiger partial charge < -0.3 is 20.9 Å². The average Bonchev–Trinajstić information content (AvgIpc) is 3.20. The SMILES string of the molecule is CC(C)[C@@H]1NC(=O)[C@H](C)NC(=O)[C@H]2CCCN2C(=O)[C@H](Cc2ccccc2)NC1=O. The van der Waals surface area contributed by atoms with Crippen LogP contribution in [0.4, 0.5) is 0 Å². The maximum absolute atomic E-state index is 13.4. The van der Waals surface area contributed by atoms with Crippen molar-refractivity contribution >= 4 is 23.6 Å². The highest BCUT2D eigenvalue weighted by molar-refractivity contribution is 5.97. The van der Waals surface area contributed by atoms with Crippen LogP contribution in [-0.4, -0.2) is 59.2 Å². The second kappa shape index (κ2) is 9.28. The molecule has 0 aliphatic carbocycles. The second-order valence-corrected chi connectivity index (χ2v) is 8.40. The molecular weight excluding hydrogens is 384 g/mol. The zero-order chi connectivity index (χ0) is 21.8. The number of hydrogen-bond donors (Lipinski definition) is 3. The van der Waals surface area contributed by atoms with E-state index >= 15 is 0 Å². The summed E-state index contributed by atoms with van der Waals surface area (Å²) in [6.07, 6.45) is 1.54. The Kier molecular flexibility index (Phi) is 6.74. The fraction of sp³-hybridized carbons (Fsp3) is 0.545. The van der Waals surface area contributed by atoms with Crippen molar-refractivity contribution in [2.24, 2.45) is 5.92 Å². The minimum atomic E-state index is -0.816. The highest BCUT2D eigenvalue weighted by Crippen LogP contribution is 2.20. The molecule has 1 aromatic carbocycles. The topological polar surface area (TPSA) is 108 Å². The molecule has 162 valence electrons. The molecule has 30 heavy (non-hydrogen) atoms. The molecule has 2 aliphatic rings. The van der Waals surface area contributed by atoms with Gasteiger partial charge in [0, 0.05) is 13.0 Å². The van der Waals surface area contributed by atoms with Gasteiger partial charge >= 0.3 is 0 Å². The van der Waals surface area contributed by atoms with Gasteiger partial charge in [0.1, 0.15) is 24.2 Å². The maximum Gasteiger partial charge on any atom is 0.246 e. The molecule has 3 N–H and O–H groups in total. The van der Waals surface area contributed by atoms with E-state index in [0.717, 1.165) is 5.56 Å². The van der Waals surface area contributed by atoms with E-state index in [1.807, 2.05) is 44.2 Å². The molecule has 0 unspecified atom stereocenters. The number of carbonyl (C=O) groups is 4. The average molecular weight is 415 g/mol. The predicted octanol–water partition coefficient (Wildman–Crippen LogP) is 0.364. The fourth-order valence-corrected chi connectivity index (χ4v) is 4.00. The molecule has 2 fully saturated rings. The lowest BCUT2D eigenvalue weighted by molar-refractivity contribution is -0.143. The summed E-state index contributed by atoms with van der Waals surface area (Å²) in [4.78, 5) is 53.4. The number of hydrogen-bond acceptors (Lipinski definition) is 4. The largest absolute Gasteiger partial charge is 0.343 e. The lowest BCUT2D eigenvalue weighted by atomic mass is 9.99. The van der Waals surface area contributed by atoms with Gasteiger partial charge in [-0.05, 0) is 31.2 Å². The monoisotopic (exact) mass is 414 g/mol. The van der Waals surface area contributed by atoms with Gasteiger partial charge in [-0.25, -0.2) is 0 Å². The van der Waals surface area contributed by atoms with Gasteiger partial charge in [-0.2, -0.15) is 0 Å². The van der Waals surface area contributed by atoms with E-state index in [1.54, 1.807) is 11.8 Å². The third-order valence-electron chi connectivity index (χ3n) is 5.73. The molecule has 3 rings (SSSR count). The lowest BCUT2D eigenvalue weighted by Gasteiger charge is -2.32. The van der Waals surface area contributed by atoms with Crippen LogP contribution in [0.2, 0.25) is 0 Å². The van der Waals surface area contributed by atoms with E-state index in [4.69, 9.17) is 0 Å². The van der Waals surface area contributed by atoms with Gasteiger partial charge in [0.2, 0.25) is 23.6 Å². The Balaban J connectivity index is 1.95. The fourth-order valence-electron chi connectivity index (χ4n) is 4.00. The number of rotatable bonds is 3. The summed E-state index contributed by atoms with van der Waals surface area (Å²) in [6.45, 7) is 5.67. The van der Waals surface area contributed by atoms with Crippen LogP contribution >= 0.6 is 0 Å². The third kappa shape index (κ3) is 4.80. The van der Waals surface area contributed by atoms with Crippen LogP contribution in [-0.2, 0) is 25.6 Å². The summed E-state index contributed by atoms with van der Waals surface area (Å²) in [5, 5.41) is 8.28. The van der Waals surface area contributed by atoms with E-state index < -0.39 is 36.0 Å². The molecule has 0 spiro atoms. The summed E-state index contributed by atoms with van der Waals surface area (Å²) < 4.78 is 0. The zero-order valence-corrected chi connectivity index (χ0v) is 17.7. The van der Waals surface area contributed by atoms with Crippen molar-refractivity contribution in [2.75, 3.05) is 6.54 Å². The minimum Gasteiger partial charge on any atom is -0.343 e. The van der Waals surface area contributed by atoms with Crippen LogP contribution in [0, 0.1) is 5.92 Å². The third-order valence-corrected chi connectivity index (χ3v) is 5.73. The first-order valence-electron chi connectivity index (χ1n) is 10.5. The molecular formula is C22H30N4O4. The van der Waals surface area contributed by atoms with E-state index in [1.165, 1.54) is 0 Å². The first kappa shape index (κ1) is 21.8. The van der Waals surface area contributed by atoms with Gasteiger partial charge in [0.05, 0.1) is 0 Å². The Morgan fingerprint density at radius 1 is 0.967 bits per heavy atom. The summed E-state index contributed by atoms with van der Waals surface area (Å²) in [6, 6.07) is 6.37. The molecule has 0 bridgehead atoms. The van der Waals surface area contributed by atoms with Crippen molar-refractivity contribution in [2.45, 2.75) is 64.2 Å². The van der Waals surface area contributed by atoms with Crippen molar-refractivity contribution in [1.82, 2.24) is 20.9 Å². The van der Waals surface area contributed by atoms with Crippen LogP contribution in [0.1, 0.15) is 39.2 Å². The van der Waals surface area contributed by atoms with Crippen LogP contribution in [0.25, 0.3) is 0 Å². The molecule has 4 atom stereocenters. The van der Waals surface area contributed by atoms with Crippen molar-refractivity contribution in [3.8, 4) is 0 Å². The van der Waals surface area contributed by atoms with Gasteiger partial charge in [-0.15, -0.1) is 0 Å². The van der Waals surface area contributed by atoms with Crippen LogP contribution in [0.15, 0.2) is 30.3 Å². The Hall–Kier alpha value is -2.90. The van der Waals surface area contributed by atoms with Crippen molar-refractivity contribution in [3.05, 3.63) is 35.9 Å². The van der Waals surface area contributed by atoms with Crippen LogP contribution < -0.4 is 16.0 Å². The molecule has 0 aromatic heterocycles. The summed E-state index contributed by atoms with van der Waals surface area (Å²) in [5.74, 6) is -1.62.